The number of oxime groups is 1. The van der Waals surface area contributed by atoms with Gasteiger partial charge in [0, 0.05) is 6.20 Å². The monoisotopic (exact) mass is 390 g/mol. The van der Waals surface area contributed by atoms with Crippen molar-refractivity contribution < 1.29 is 9.69 Å². The maximum atomic E-state index is 9.62. The highest BCUT2D eigenvalue weighted by Gasteiger charge is 2.25. The van der Waals surface area contributed by atoms with Gasteiger partial charge in [0.15, 0.2) is 5.71 Å². The molecule has 0 saturated heterocycles. The summed E-state index contributed by atoms with van der Waals surface area (Å²) >= 11 is 0. The third-order valence-electron chi connectivity index (χ3n) is 5.72. The van der Waals surface area contributed by atoms with E-state index in [2.05, 4.69) is 31.0 Å². The fraction of sp³-hybridized carbons (Fsp3) is 0.750. The van der Waals surface area contributed by atoms with Crippen molar-refractivity contribution in [2.45, 2.75) is 90.9 Å². The van der Waals surface area contributed by atoms with E-state index in [0.717, 1.165) is 29.8 Å². The maximum absolute atomic E-state index is 9.62. The zero-order chi connectivity index (χ0) is 20.5. The smallest absolute Gasteiger partial charge is 0.159 e. The second kappa shape index (κ2) is 15.5. The first-order chi connectivity index (χ1) is 13.6. The number of unbranched alkanes of at least 4 members (excludes halogenated alkanes) is 10. The molecule has 0 aliphatic rings. The lowest BCUT2D eigenvalue weighted by atomic mass is 10.1. The Kier molecular flexibility index (Phi) is 13.6. The molecule has 0 bridgehead atoms. The first-order valence-corrected chi connectivity index (χ1v) is 11.6. The van der Waals surface area contributed by atoms with Crippen LogP contribution in [0.2, 0.25) is 0 Å². The van der Waals surface area contributed by atoms with Gasteiger partial charge in [-0.15, -0.1) is 0 Å². The molecule has 0 unspecified atom stereocenters. The molecular formula is C24H44N3O+. The molecule has 0 aliphatic carbocycles. The van der Waals surface area contributed by atoms with Crippen LogP contribution in [-0.2, 0) is 0 Å². The van der Waals surface area contributed by atoms with Crippen molar-refractivity contribution in [1.29, 1.82) is 0 Å². The topological polar surface area (TPSA) is 45.5 Å². The molecule has 1 aromatic rings. The van der Waals surface area contributed by atoms with Crippen LogP contribution < -0.4 is 0 Å². The summed E-state index contributed by atoms with van der Waals surface area (Å²) in [7, 11) is 2.33. The molecule has 4 nitrogen and oxygen atoms in total. The van der Waals surface area contributed by atoms with Gasteiger partial charge in [-0.1, -0.05) is 76.4 Å². The summed E-state index contributed by atoms with van der Waals surface area (Å²) < 4.78 is 0.942. The van der Waals surface area contributed by atoms with Gasteiger partial charge < -0.3 is 9.69 Å². The van der Waals surface area contributed by atoms with Crippen LogP contribution >= 0.6 is 0 Å². The number of rotatable bonds is 17. The summed E-state index contributed by atoms with van der Waals surface area (Å²) in [5.41, 5.74) is 1.50. The highest BCUT2D eigenvalue weighted by molar-refractivity contribution is 5.99. The number of hydrogen-bond acceptors (Lipinski definition) is 3. The Bertz CT molecular complexity index is 500. The Morgan fingerprint density at radius 3 is 1.86 bits per heavy atom. The molecule has 1 heterocycles. The second-order valence-electron chi connectivity index (χ2n) is 8.52. The van der Waals surface area contributed by atoms with Crippen LogP contribution in [0.15, 0.2) is 29.6 Å². The lowest BCUT2D eigenvalue weighted by Crippen LogP contribution is -2.49. The highest BCUT2D eigenvalue weighted by Crippen LogP contribution is 2.15. The van der Waals surface area contributed by atoms with Crippen LogP contribution in [0, 0.1) is 0 Å². The molecule has 4 heteroatoms. The van der Waals surface area contributed by atoms with E-state index < -0.39 is 0 Å². The standard InChI is InChI=1S/C24H43N3O/c1-4-6-8-10-12-16-20-27(3,21-17-13-11-9-7-5-2)22-24(26-28)23-18-14-15-19-25-23/h14-15,18-19H,4-13,16-17,20-22H2,1-3H3/p+1/b26-24+. The minimum atomic E-state index is 0.708. The van der Waals surface area contributed by atoms with Gasteiger partial charge in [-0.25, -0.2) is 0 Å². The van der Waals surface area contributed by atoms with Gasteiger partial charge in [-0.2, -0.15) is 0 Å². The van der Waals surface area contributed by atoms with Gasteiger partial charge >= 0.3 is 0 Å². The van der Waals surface area contributed by atoms with Crippen molar-refractivity contribution in [3.63, 3.8) is 0 Å². The van der Waals surface area contributed by atoms with Gasteiger partial charge in [-0.3, -0.25) is 4.98 Å². The molecule has 1 rings (SSSR count). The van der Waals surface area contributed by atoms with Crippen molar-refractivity contribution in [2.24, 2.45) is 5.16 Å². The molecular weight excluding hydrogens is 346 g/mol. The summed E-state index contributed by atoms with van der Waals surface area (Å²) in [6, 6.07) is 5.80. The van der Waals surface area contributed by atoms with E-state index in [0.29, 0.717) is 5.71 Å². The minimum Gasteiger partial charge on any atom is -0.410 e. The molecule has 0 spiro atoms. The molecule has 0 radical (unpaired) electrons. The summed E-state index contributed by atoms with van der Waals surface area (Å²) in [5, 5.41) is 13.2. The van der Waals surface area contributed by atoms with E-state index in [1.807, 2.05) is 18.2 Å². The average molecular weight is 391 g/mol. The third-order valence-corrected chi connectivity index (χ3v) is 5.72. The summed E-state index contributed by atoms with van der Waals surface area (Å²) in [6.45, 7) is 7.57. The molecule has 0 aliphatic heterocycles. The quantitative estimate of drug-likeness (QED) is 0.110. The van der Waals surface area contributed by atoms with Crippen LogP contribution in [-0.4, -0.2) is 47.1 Å². The number of quaternary nitrogens is 1. The van der Waals surface area contributed by atoms with Crippen molar-refractivity contribution in [1.82, 2.24) is 4.98 Å². The number of hydrogen-bond donors (Lipinski definition) is 1. The number of pyridine rings is 1. The average Bonchev–Trinajstić information content (AvgIpc) is 2.72. The Labute approximate surface area is 173 Å². The lowest BCUT2D eigenvalue weighted by Gasteiger charge is -2.35. The molecule has 0 amide bonds. The van der Waals surface area contributed by atoms with Gasteiger partial charge in [0.1, 0.15) is 6.54 Å². The zero-order valence-electron chi connectivity index (χ0n) is 18.7. The fourth-order valence-electron chi connectivity index (χ4n) is 3.88. The largest absolute Gasteiger partial charge is 0.410 e. The Morgan fingerprint density at radius 2 is 1.39 bits per heavy atom. The Morgan fingerprint density at radius 1 is 0.857 bits per heavy atom. The fourth-order valence-corrected chi connectivity index (χ4v) is 3.88. The van der Waals surface area contributed by atoms with Gasteiger partial charge in [0.25, 0.3) is 0 Å². The van der Waals surface area contributed by atoms with Crippen LogP contribution in [0.4, 0.5) is 0 Å². The van der Waals surface area contributed by atoms with E-state index in [1.165, 1.54) is 77.0 Å². The first-order valence-electron chi connectivity index (χ1n) is 11.6. The Hall–Kier alpha value is -1.42. The number of aromatic nitrogens is 1. The predicted molar refractivity (Wildman–Crippen MR) is 120 cm³/mol. The minimum absolute atomic E-state index is 0.708. The van der Waals surface area contributed by atoms with Crippen LogP contribution in [0.25, 0.3) is 0 Å². The summed E-state index contributed by atoms with van der Waals surface area (Å²) in [5.74, 6) is 0. The van der Waals surface area contributed by atoms with Crippen LogP contribution in [0.3, 0.4) is 0 Å². The molecule has 1 N–H and O–H groups in total. The molecule has 0 fully saturated rings. The number of nitrogens with zero attached hydrogens (tertiary/aromatic N) is 3. The Balaban J connectivity index is 2.59. The van der Waals surface area contributed by atoms with Gasteiger partial charge in [0.05, 0.1) is 25.8 Å². The van der Waals surface area contributed by atoms with E-state index in [-0.39, 0.29) is 0 Å². The van der Waals surface area contributed by atoms with Gasteiger partial charge in [-0.05, 0) is 37.8 Å². The molecule has 160 valence electrons. The summed E-state index contributed by atoms with van der Waals surface area (Å²) in [6.07, 6.45) is 17.6. The first kappa shape index (κ1) is 24.6. The zero-order valence-corrected chi connectivity index (χ0v) is 18.7. The van der Waals surface area contributed by atoms with E-state index in [9.17, 15) is 5.21 Å². The number of likely N-dealkylation sites (N-methyl/N-ethyl adjacent to an activating group) is 1. The lowest BCUT2D eigenvalue weighted by molar-refractivity contribution is -0.901. The van der Waals surface area contributed by atoms with Crippen molar-refractivity contribution in [2.75, 3.05) is 26.7 Å². The SMILES string of the molecule is CCCCCCCC[N+](C)(CCCCCCCC)C/C(=N\O)c1ccccn1. The van der Waals surface area contributed by atoms with Crippen LogP contribution in [0.1, 0.15) is 96.6 Å². The predicted octanol–water partition coefficient (Wildman–Crippen LogP) is 6.43. The maximum Gasteiger partial charge on any atom is 0.159 e. The molecule has 0 atom stereocenters. The third kappa shape index (κ3) is 10.8. The van der Waals surface area contributed by atoms with Crippen molar-refractivity contribution in [3.05, 3.63) is 30.1 Å². The van der Waals surface area contributed by atoms with E-state index >= 15 is 0 Å². The van der Waals surface area contributed by atoms with Gasteiger partial charge in [0.2, 0.25) is 0 Å². The molecule has 1 aromatic heterocycles. The van der Waals surface area contributed by atoms with Crippen molar-refractivity contribution in [3.8, 4) is 0 Å². The van der Waals surface area contributed by atoms with Crippen molar-refractivity contribution >= 4 is 5.71 Å². The normalized spacial score (nSPS) is 12.5. The molecule has 28 heavy (non-hydrogen) atoms. The second-order valence-corrected chi connectivity index (χ2v) is 8.52. The summed E-state index contributed by atoms with van der Waals surface area (Å²) in [4.78, 5) is 4.39. The molecule has 0 aromatic carbocycles. The van der Waals surface area contributed by atoms with Crippen LogP contribution in [0.5, 0.6) is 0 Å². The van der Waals surface area contributed by atoms with E-state index in [4.69, 9.17) is 0 Å². The van der Waals surface area contributed by atoms with E-state index in [1.54, 1.807) is 6.20 Å². The molecule has 0 saturated carbocycles. The highest BCUT2D eigenvalue weighted by atomic mass is 16.4.